The standard InChI is InChI=1S/C24H30N2O2S/c1-28-21-7-2-5-17(15-21)6-4-12-29-24-22(8-3-11-25-24)23(27)26-16-20-14-18-9-10-19(20)13-18/h2-3,5,7-8,11,15,18-20H,4,6,9-10,12-14,16H2,1H3,(H,26,27). The number of methoxy groups -OCH3 is 1. The first kappa shape index (κ1) is 20.3. The summed E-state index contributed by atoms with van der Waals surface area (Å²) in [4.78, 5) is 17.2. The summed E-state index contributed by atoms with van der Waals surface area (Å²) in [6.07, 6.45) is 9.22. The van der Waals surface area contributed by atoms with Crippen molar-refractivity contribution in [2.75, 3.05) is 19.4 Å². The van der Waals surface area contributed by atoms with E-state index in [0.29, 0.717) is 11.5 Å². The zero-order valence-electron chi connectivity index (χ0n) is 17.1. The Bertz CT molecular complexity index is 841. The summed E-state index contributed by atoms with van der Waals surface area (Å²) in [6, 6.07) is 12.0. The van der Waals surface area contributed by atoms with E-state index in [0.717, 1.165) is 47.8 Å². The number of aryl methyl sites for hydroxylation is 1. The molecule has 0 saturated heterocycles. The van der Waals surface area contributed by atoms with E-state index >= 15 is 0 Å². The number of aromatic nitrogens is 1. The van der Waals surface area contributed by atoms with E-state index in [-0.39, 0.29) is 5.91 Å². The lowest BCUT2D eigenvalue weighted by Crippen LogP contribution is -2.32. The molecule has 1 aromatic carbocycles. The fourth-order valence-corrected chi connectivity index (χ4v) is 5.83. The van der Waals surface area contributed by atoms with Crippen molar-refractivity contribution < 1.29 is 9.53 Å². The second-order valence-corrected chi connectivity index (χ2v) is 9.39. The highest BCUT2D eigenvalue weighted by Gasteiger charge is 2.39. The van der Waals surface area contributed by atoms with Crippen LogP contribution in [-0.4, -0.2) is 30.3 Å². The van der Waals surface area contributed by atoms with Gasteiger partial charge in [0.1, 0.15) is 10.8 Å². The quantitative estimate of drug-likeness (QED) is 0.468. The molecule has 4 rings (SSSR count). The topological polar surface area (TPSA) is 51.2 Å². The van der Waals surface area contributed by atoms with Crippen LogP contribution in [0.4, 0.5) is 0 Å². The second kappa shape index (κ2) is 9.66. The van der Waals surface area contributed by atoms with Gasteiger partial charge >= 0.3 is 0 Å². The third-order valence-electron chi connectivity index (χ3n) is 6.41. The van der Waals surface area contributed by atoms with Gasteiger partial charge in [0.15, 0.2) is 0 Å². The van der Waals surface area contributed by atoms with Crippen molar-refractivity contribution in [2.45, 2.75) is 43.6 Å². The van der Waals surface area contributed by atoms with Crippen LogP contribution in [0.1, 0.15) is 48.0 Å². The van der Waals surface area contributed by atoms with E-state index < -0.39 is 0 Å². The molecule has 1 amide bonds. The monoisotopic (exact) mass is 410 g/mol. The second-order valence-electron chi connectivity index (χ2n) is 8.30. The Morgan fingerprint density at radius 3 is 2.97 bits per heavy atom. The number of nitrogens with one attached hydrogen (secondary N) is 1. The predicted octanol–water partition coefficient (Wildman–Crippen LogP) is 4.98. The number of ether oxygens (including phenoxy) is 1. The Morgan fingerprint density at radius 1 is 1.24 bits per heavy atom. The number of amides is 1. The lowest BCUT2D eigenvalue weighted by molar-refractivity contribution is 0.0938. The van der Waals surface area contributed by atoms with Gasteiger partial charge in [0.2, 0.25) is 0 Å². The molecule has 2 aromatic rings. The lowest BCUT2D eigenvalue weighted by Gasteiger charge is -2.22. The molecule has 1 heterocycles. The van der Waals surface area contributed by atoms with E-state index in [1.165, 1.54) is 31.2 Å². The van der Waals surface area contributed by atoms with Crippen LogP contribution in [0.5, 0.6) is 5.75 Å². The minimum absolute atomic E-state index is 0.0242. The molecule has 3 unspecified atom stereocenters. The van der Waals surface area contributed by atoms with Crippen LogP contribution in [0.2, 0.25) is 0 Å². The number of nitrogens with zero attached hydrogens (tertiary/aromatic N) is 1. The van der Waals surface area contributed by atoms with Gasteiger partial charge in [-0.05, 0) is 85.4 Å². The van der Waals surface area contributed by atoms with E-state index in [4.69, 9.17) is 4.74 Å². The van der Waals surface area contributed by atoms with E-state index in [9.17, 15) is 4.79 Å². The molecular weight excluding hydrogens is 380 g/mol. The van der Waals surface area contributed by atoms with Gasteiger partial charge in [0, 0.05) is 12.7 Å². The van der Waals surface area contributed by atoms with Crippen LogP contribution in [0.15, 0.2) is 47.6 Å². The summed E-state index contributed by atoms with van der Waals surface area (Å²) in [5, 5.41) is 4.03. The molecule has 2 saturated carbocycles. The zero-order chi connectivity index (χ0) is 20.1. The van der Waals surface area contributed by atoms with E-state index in [1.54, 1.807) is 25.1 Å². The van der Waals surface area contributed by atoms with Crippen LogP contribution in [0, 0.1) is 17.8 Å². The first-order valence-electron chi connectivity index (χ1n) is 10.7. The molecule has 5 heteroatoms. The van der Waals surface area contributed by atoms with Crippen LogP contribution in [0.3, 0.4) is 0 Å². The number of pyridine rings is 1. The summed E-state index contributed by atoms with van der Waals surface area (Å²) in [5.74, 6) is 4.27. The molecule has 1 aromatic heterocycles. The highest BCUT2D eigenvalue weighted by Crippen LogP contribution is 2.47. The van der Waals surface area contributed by atoms with Crippen molar-refractivity contribution >= 4 is 17.7 Å². The van der Waals surface area contributed by atoms with Crippen LogP contribution in [0.25, 0.3) is 0 Å². The van der Waals surface area contributed by atoms with Gasteiger partial charge in [-0.3, -0.25) is 4.79 Å². The Morgan fingerprint density at radius 2 is 2.17 bits per heavy atom. The van der Waals surface area contributed by atoms with Crippen molar-refractivity contribution in [3.63, 3.8) is 0 Å². The summed E-state index contributed by atoms with van der Waals surface area (Å²) in [6.45, 7) is 0.814. The fourth-order valence-electron chi connectivity index (χ4n) is 4.90. The Hall–Kier alpha value is -2.01. The van der Waals surface area contributed by atoms with Crippen molar-refractivity contribution in [3.8, 4) is 5.75 Å². The maximum absolute atomic E-state index is 12.8. The summed E-state index contributed by atoms with van der Waals surface area (Å²) >= 11 is 1.67. The van der Waals surface area contributed by atoms with Crippen molar-refractivity contribution in [3.05, 3.63) is 53.7 Å². The molecule has 0 aliphatic heterocycles. The molecule has 2 aliphatic rings. The largest absolute Gasteiger partial charge is 0.497 e. The minimum Gasteiger partial charge on any atom is -0.497 e. The number of benzene rings is 1. The third kappa shape index (κ3) is 5.13. The van der Waals surface area contributed by atoms with Crippen LogP contribution in [-0.2, 0) is 6.42 Å². The normalized spacial score (nSPS) is 22.6. The average molecular weight is 411 g/mol. The highest BCUT2D eigenvalue weighted by molar-refractivity contribution is 7.99. The van der Waals surface area contributed by atoms with Crippen molar-refractivity contribution in [2.24, 2.45) is 17.8 Å². The summed E-state index contributed by atoms with van der Waals surface area (Å²) in [5.41, 5.74) is 1.98. The van der Waals surface area contributed by atoms with Crippen molar-refractivity contribution in [1.82, 2.24) is 10.3 Å². The SMILES string of the molecule is COc1cccc(CCCSc2ncccc2C(=O)NCC2CC3CCC2C3)c1. The molecule has 4 nitrogen and oxygen atoms in total. The maximum Gasteiger partial charge on any atom is 0.254 e. The molecule has 154 valence electrons. The Labute approximate surface area is 177 Å². The molecule has 1 N–H and O–H groups in total. The Kier molecular flexibility index (Phi) is 6.75. The number of hydrogen-bond acceptors (Lipinski definition) is 4. The molecule has 2 aliphatic carbocycles. The maximum atomic E-state index is 12.8. The van der Waals surface area contributed by atoms with Crippen LogP contribution >= 0.6 is 11.8 Å². The van der Waals surface area contributed by atoms with Gasteiger partial charge < -0.3 is 10.1 Å². The summed E-state index contributed by atoms with van der Waals surface area (Å²) < 4.78 is 5.29. The number of carbonyl (C=O) groups is 1. The van der Waals surface area contributed by atoms with Gasteiger partial charge in [0.25, 0.3) is 5.91 Å². The minimum atomic E-state index is 0.0242. The molecule has 0 radical (unpaired) electrons. The van der Waals surface area contributed by atoms with Gasteiger partial charge in [-0.25, -0.2) is 4.98 Å². The van der Waals surface area contributed by atoms with E-state index in [1.807, 2.05) is 24.3 Å². The van der Waals surface area contributed by atoms with Gasteiger partial charge in [-0.15, -0.1) is 11.8 Å². The highest BCUT2D eigenvalue weighted by atomic mass is 32.2. The Balaban J connectivity index is 1.26. The number of rotatable bonds is 9. The number of thioether (sulfide) groups is 1. The van der Waals surface area contributed by atoms with Gasteiger partial charge in [-0.2, -0.15) is 0 Å². The first-order valence-corrected chi connectivity index (χ1v) is 11.7. The van der Waals surface area contributed by atoms with Gasteiger partial charge in [0.05, 0.1) is 12.7 Å². The molecule has 2 bridgehead atoms. The molecule has 2 fully saturated rings. The lowest BCUT2D eigenvalue weighted by atomic mass is 9.89. The fraction of sp³-hybridized carbons (Fsp3) is 0.500. The smallest absolute Gasteiger partial charge is 0.254 e. The molecule has 29 heavy (non-hydrogen) atoms. The molecule has 3 atom stereocenters. The van der Waals surface area contributed by atoms with Crippen molar-refractivity contribution in [1.29, 1.82) is 0 Å². The van der Waals surface area contributed by atoms with E-state index in [2.05, 4.69) is 22.4 Å². The zero-order valence-corrected chi connectivity index (χ0v) is 17.9. The average Bonchev–Trinajstić information content (AvgIpc) is 3.39. The molecular formula is C24H30N2O2S. The third-order valence-corrected chi connectivity index (χ3v) is 7.50. The van der Waals surface area contributed by atoms with Gasteiger partial charge in [-0.1, -0.05) is 18.6 Å². The number of fused-ring (bicyclic) bond motifs is 2. The predicted molar refractivity (Wildman–Crippen MR) is 118 cm³/mol. The molecule has 0 spiro atoms. The number of hydrogen-bond donors (Lipinski definition) is 1. The first-order chi connectivity index (χ1) is 14.2. The van der Waals surface area contributed by atoms with Crippen LogP contribution < -0.4 is 10.1 Å². The number of carbonyl (C=O) groups excluding carboxylic acids is 1. The summed E-state index contributed by atoms with van der Waals surface area (Å²) in [7, 11) is 1.69.